The minimum Gasteiger partial charge on any atom is -0.340 e. The number of carbonyl (C=O) groups excluding carboxylic acids is 2. The van der Waals surface area contributed by atoms with Crippen LogP contribution in [0.15, 0.2) is 0 Å². The van der Waals surface area contributed by atoms with Crippen LogP contribution in [0.5, 0.6) is 0 Å². The molecule has 0 saturated carbocycles. The third kappa shape index (κ3) is 3.91. The maximum absolute atomic E-state index is 12.5. The molecule has 9 heteroatoms. The van der Waals surface area contributed by atoms with Gasteiger partial charge < -0.3 is 10.2 Å². The monoisotopic (exact) mass is 363 g/mol. The number of nitrogens with zero attached hydrogens (tertiary/aromatic N) is 2. The first-order chi connectivity index (χ1) is 11.1. The van der Waals surface area contributed by atoms with E-state index in [1.807, 2.05) is 9.80 Å². The second-order valence-corrected chi connectivity index (χ2v) is 7.35. The van der Waals surface area contributed by atoms with Crippen molar-refractivity contribution >= 4 is 35.0 Å². The van der Waals surface area contributed by atoms with Gasteiger partial charge in [0.25, 0.3) is 5.91 Å². The summed E-state index contributed by atoms with van der Waals surface area (Å²) in [5.41, 5.74) is 5.29. The molecule has 3 N–H and O–H groups in total. The van der Waals surface area contributed by atoms with Crippen LogP contribution in [0.25, 0.3) is 0 Å². The average Bonchev–Trinajstić information content (AvgIpc) is 2.54. The van der Waals surface area contributed by atoms with Crippen molar-refractivity contribution in [2.24, 2.45) is 5.92 Å². The summed E-state index contributed by atoms with van der Waals surface area (Å²) in [4.78, 5) is 28.0. The van der Waals surface area contributed by atoms with Crippen LogP contribution in [-0.2, 0) is 9.59 Å². The van der Waals surface area contributed by atoms with Crippen molar-refractivity contribution in [3.8, 4) is 0 Å². The quantitative estimate of drug-likeness (QED) is 0.456. The molecule has 3 fully saturated rings. The SMILES string of the molecule is O=C1NNCC(N2CCN(CC3CCCNC3Cl)C(=O)C2)C1Cl. The molecular formula is C14H23Cl2N5O2. The summed E-state index contributed by atoms with van der Waals surface area (Å²) in [6.07, 6.45) is 2.14. The molecule has 0 aromatic heterocycles. The molecule has 0 spiro atoms. The van der Waals surface area contributed by atoms with Gasteiger partial charge in [0.2, 0.25) is 5.91 Å². The van der Waals surface area contributed by atoms with E-state index in [4.69, 9.17) is 23.2 Å². The maximum atomic E-state index is 12.5. The highest BCUT2D eigenvalue weighted by atomic mass is 35.5. The van der Waals surface area contributed by atoms with Gasteiger partial charge in [-0.2, -0.15) is 0 Å². The van der Waals surface area contributed by atoms with Crippen LogP contribution in [0.4, 0.5) is 0 Å². The lowest BCUT2D eigenvalue weighted by molar-refractivity contribution is -0.139. The lowest BCUT2D eigenvalue weighted by Gasteiger charge is -2.43. The van der Waals surface area contributed by atoms with E-state index in [1.54, 1.807) is 0 Å². The molecule has 0 aromatic rings. The van der Waals surface area contributed by atoms with Gasteiger partial charge in [-0.25, -0.2) is 5.43 Å². The van der Waals surface area contributed by atoms with Crippen LogP contribution < -0.4 is 16.2 Å². The Kier molecular flexibility index (Phi) is 5.64. The first-order valence-electron chi connectivity index (χ1n) is 8.12. The Morgan fingerprint density at radius 1 is 1.22 bits per heavy atom. The predicted octanol–water partition coefficient (Wildman–Crippen LogP) is -0.694. The van der Waals surface area contributed by atoms with Crippen molar-refractivity contribution in [3.63, 3.8) is 0 Å². The topological polar surface area (TPSA) is 76.7 Å². The van der Waals surface area contributed by atoms with Crippen LogP contribution in [0, 0.1) is 5.92 Å². The molecule has 3 aliphatic heterocycles. The summed E-state index contributed by atoms with van der Waals surface area (Å²) in [6, 6.07) is -0.159. The van der Waals surface area contributed by atoms with E-state index in [1.165, 1.54) is 0 Å². The third-order valence-electron chi connectivity index (χ3n) is 4.89. The Hall–Kier alpha value is -0.600. The van der Waals surface area contributed by atoms with Crippen molar-refractivity contribution < 1.29 is 9.59 Å². The summed E-state index contributed by atoms with van der Waals surface area (Å²) in [6.45, 7) is 3.86. The van der Waals surface area contributed by atoms with Crippen LogP contribution in [-0.4, -0.2) is 77.8 Å². The minimum atomic E-state index is -0.634. The van der Waals surface area contributed by atoms with Gasteiger partial charge in [0, 0.05) is 38.1 Å². The Morgan fingerprint density at radius 3 is 2.78 bits per heavy atom. The number of halogens is 2. The van der Waals surface area contributed by atoms with E-state index in [2.05, 4.69) is 16.2 Å². The Labute approximate surface area is 146 Å². The first kappa shape index (κ1) is 17.2. The molecule has 0 aromatic carbocycles. The van der Waals surface area contributed by atoms with Gasteiger partial charge in [-0.1, -0.05) is 0 Å². The highest BCUT2D eigenvalue weighted by Crippen LogP contribution is 2.22. The summed E-state index contributed by atoms with van der Waals surface area (Å²) in [5, 5.41) is 2.62. The Morgan fingerprint density at radius 2 is 2.04 bits per heavy atom. The van der Waals surface area contributed by atoms with Crippen LogP contribution >= 0.6 is 23.2 Å². The van der Waals surface area contributed by atoms with Crippen molar-refractivity contribution in [2.45, 2.75) is 29.8 Å². The van der Waals surface area contributed by atoms with Gasteiger partial charge in [0.15, 0.2) is 0 Å². The van der Waals surface area contributed by atoms with Crippen molar-refractivity contribution in [1.82, 2.24) is 26.0 Å². The molecule has 3 saturated heterocycles. The summed E-state index contributed by atoms with van der Waals surface area (Å²) in [5.74, 6) is 0.139. The highest BCUT2D eigenvalue weighted by Gasteiger charge is 2.38. The Bertz CT molecular complexity index is 466. The summed E-state index contributed by atoms with van der Waals surface area (Å²) in [7, 11) is 0. The van der Waals surface area contributed by atoms with Gasteiger partial charge in [-0.3, -0.25) is 19.9 Å². The fourth-order valence-corrected chi connectivity index (χ4v) is 4.11. The normalized spacial score (nSPS) is 36.9. The van der Waals surface area contributed by atoms with Crippen molar-refractivity contribution in [3.05, 3.63) is 0 Å². The zero-order chi connectivity index (χ0) is 16.4. The van der Waals surface area contributed by atoms with E-state index >= 15 is 0 Å². The second kappa shape index (κ2) is 7.53. The van der Waals surface area contributed by atoms with E-state index < -0.39 is 5.38 Å². The molecule has 2 amide bonds. The first-order valence-corrected chi connectivity index (χ1v) is 8.99. The van der Waals surface area contributed by atoms with Gasteiger partial charge >= 0.3 is 0 Å². The molecule has 4 atom stereocenters. The number of alkyl halides is 2. The number of nitrogens with one attached hydrogen (secondary N) is 3. The molecule has 23 heavy (non-hydrogen) atoms. The molecule has 7 nitrogen and oxygen atoms in total. The van der Waals surface area contributed by atoms with E-state index in [0.717, 1.165) is 25.9 Å². The molecule has 0 bridgehead atoms. The molecule has 4 unspecified atom stereocenters. The van der Waals surface area contributed by atoms with Crippen LogP contribution in [0.3, 0.4) is 0 Å². The number of hydrogen-bond donors (Lipinski definition) is 3. The number of hydrazine groups is 1. The van der Waals surface area contributed by atoms with Gasteiger partial charge in [-0.15, -0.1) is 23.2 Å². The fourth-order valence-electron chi connectivity index (χ4n) is 3.49. The predicted molar refractivity (Wildman–Crippen MR) is 88.1 cm³/mol. The molecular weight excluding hydrogens is 341 g/mol. The van der Waals surface area contributed by atoms with Gasteiger partial charge in [-0.05, 0) is 19.4 Å². The highest BCUT2D eigenvalue weighted by molar-refractivity contribution is 6.31. The Balaban J connectivity index is 1.55. The third-order valence-corrected chi connectivity index (χ3v) is 5.89. The number of piperidine rings is 1. The largest absolute Gasteiger partial charge is 0.340 e. The van der Waals surface area contributed by atoms with Crippen molar-refractivity contribution in [1.29, 1.82) is 0 Å². The molecule has 3 aliphatic rings. The number of piperazine rings is 1. The maximum Gasteiger partial charge on any atom is 0.253 e. The van der Waals surface area contributed by atoms with E-state index in [0.29, 0.717) is 32.1 Å². The second-order valence-electron chi connectivity index (χ2n) is 6.41. The number of amides is 2. The zero-order valence-electron chi connectivity index (χ0n) is 12.9. The average molecular weight is 364 g/mol. The number of hydrogen-bond acceptors (Lipinski definition) is 5. The van der Waals surface area contributed by atoms with E-state index in [-0.39, 0.29) is 23.4 Å². The fraction of sp³-hybridized carbons (Fsp3) is 0.857. The lowest BCUT2D eigenvalue weighted by atomic mass is 9.98. The summed E-state index contributed by atoms with van der Waals surface area (Å²) < 4.78 is 0. The van der Waals surface area contributed by atoms with Crippen LogP contribution in [0.1, 0.15) is 12.8 Å². The van der Waals surface area contributed by atoms with E-state index in [9.17, 15) is 9.59 Å². The van der Waals surface area contributed by atoms with Gasteiger partial charge in [0.1, 0.15) is 5.38 Å². The smallest absolute Gasteiger partial charge is 0.253 e. The lowest BCUT2D eigenvalue weighted by Crippen LogP contribution is -2.65. The number of rotatable bonds is 3. The molecule has 0 radical (unpaired) electrons. The molecule has 3 rings (SSSR count). The molecule has 0 aliphatic carbocycles. The zero-order valence-corrected chi connectivity index (χ0v) is 14.4. The minimum absolute atomic E-state index is 0.0620. The molecule has 130 valence electrons. The van der Waals surface area contributed by atoms with Crippen molar-refractivity contribution in [2.75, 3.05) is 39.3 Å². The standard InChI is InChI=1S/C14H23Cl2N5O2/c15-12-10(6-18-19-14(12)23)20-4-5-21(11(22)8-20)7-9-2-1-3-17-13(9)16/h9-10,12-13,17-18H,1-8H2,(H,19,23). The van der Waals surface area contributed by atoms with Gasteiger partial charge in [0.05, 0.1) is 12.0 Å². The molecule has 3 heterocycles. The summed E-state index contributed by atoms with van der Waals surface area (Å²) >= 11 is 12.5. The number of carbonyl (C=O) groups is 2. The van der Waals surface area contributed by atoms with Crippen LogP contribution in [0.2, 0.25) is 0 Å².